The summed E-state index contributed by atoms with van der Waals surface area (Å²) in [4.78, 5) is 12.4. The highest BCUT2D eigenvalue weighted by Gasteiger charge is 2.30. The number of carbonyl (C=O) groups is 1. The van der Waals surface area contributed by atoms with Crippen LogP contribution in [0.15, 0.2) is 11.9 Å². The molecule has 2 aliphatic rings. The highest BCUT2D eigenvalue weighted by molar-refractivity contribution is 5.72. The average molecular weight is 349 g/mol. The maximum Gasteiger partial charge on any atom is 0.309 e. The molecule has 140 valence electrons. The topological polar surface area (TPSA) is 50.1 Å². The lowest BCUT2D eigenvalue weighted by molar-refractivity contribution is -0.157. The van der Waals surface area contributed by atoms with Crippen LogP contribution in [-0.4, -0.2) is 12.1 Å². The fourth-order valence-corrected chi connectivity index (χ4v) is 4.25. The summed E-state index contributed by atoms with van der Waals surface area (Å²) in [5.74, 6) is 0.266. The largest absolute Gasteiger partial charge is 0.462 e. The smallest absolute Gasteiger partial charge is 0.309 e. The van der Waals surface area contributed by atoms with Gasteiger partial charge in [-0.1, -0.05) is 32.6 Å². The van der Waals surface area contributed by atoms with Crippen LogP contribution in [0, 0.1) is 29.1 Å². The van der Waals surface area contributed by atoms with Gasteiger partial charge in [0.05, 0.1) is 5.92 Å². The fourth-order valence-electron chi connectivity index (χ4n) is 4.25. The number of unbranched alkanes of at least 4 members (excludes halogenated alkanes) is 2. The number of carbonyl (C=O) groups excluding carboxylic acids is 1. The van der Waals surface area contributed by atoms with Crippen molar-refractivity contribution in [1.82, 2.24) is 0 Å². The molecule has 2 aliphatic carbocycles. The Balaban J connectivity index is 1.66. The van der Waals surface area contributed by atoms with Gasteiger partial charge < -0.3 is 4.74 Å². The second-order valence-electron chi connectivity index (χ2n) is 7.81. The van der Waals surface area contributed by atoms with E-state index in [4.69, 9.17) is 10.00 Å². The molecule has 0 unspecified atom stereocenters. The Kier molecular flexibility index (Phi) is 8.44. The predicted octanol–water partition coefficient (Wildman–Crippen LogP) is 5.85. The number of hydrogen-bond donors (Lipinski definition) is 0. The lowest BCUT2D eigenvalue weighted by Crippen LogP contribution is -2.30. The van der Waals surface area contributed by atoms with Crippen LogP contribution in [0.5, 0.6) is 0 Å². The van der Waals surface area contributed by atoms with E-state index in [1.807, 2.05) is 0 Å². The van der Waals surface area contributed by atoms with Crippen LogP contribution >= 0.6 is 0 Å². The lowest BCUT2D eigenvalue weighted by Gasteiger charge is -2.31. The molecule has 2 saturated carbocycles. The number of hydrogen-bond acceptors (Lipinski definition) is 3. The van der Waals surface area contributed by atoms with Crippen LogP contribution in [0.4, 0.5) is 4.39 Å². The first-order valence-electron chi connectivity index (χ1n) is 10.1. The van der Waals surface area contributed by atoms with Crippen molar-refractivity contribution in [2.75, 3.05) is 0 Å². The van der Waals surface area contributed by atoms with Crippen molar-refractivity contribution in [1.29, 1.82) is 5.26 Å². The molecule has 0 atom stereocenters. The molecule has 0 aromatic heterocycles. The Labute approximate surface area is 151 Å². The summed E-state index contributed by atoms with van der Waals surface area (Å²) < 4.78 is 18.7. The van der Waals surface area contributed by atoms with E-state index in [-0.39, 0.29) is 23.9 Å². The predicted molar refractivity (Wildman–Crippen MR) is 96.2 cm³/mol. The molecular weight excluding hydrogens is 317 g/mol. The molecule has 2 rings (SSSR count). The van der Waals surface area contributed by atoms with E-state index < -0.39 is 5.83 Å². The molecule has 0 radical (unpaired) electrons. The molecule has 0 aromatic rings. The second-order valence-corrected chi connectivity index (χ2v) is 7.81. The zero-order valence-electron chi connectivity index (χ0n) is 15.5. The summed E-state index contributed by atoms with van der Waals surface area (Å²) in [6.45, 7) is 2.23. The average Bonchev–Trinajstić information content (AvgIpc) is 2.64. The number of esters is 1. The molecule has 3 nitrogen and oxygen atoms in total. The molecule has 0 aliphatic heterocycles. The minimum Gasteiger partial charge on any atom is -0.462 e. The molecule has 0 spiro atoms. The van der Waals surface area contributed by atoms with E-state index in [1.165, 1.54) is 37.8 Å². The molecule has 0 N–H and O–H groups in total. The Hall–Kier alpha value is -1.37. The van der Waals surface area contributed by atoms with Crippen molar-refractivity contribution in [2.24, 2.45) is 17.8 Å². The SMILES string of the molecule is CCCCCC1CCC(C(=O)OC2CCC(C=C(F)C#N)CC2)CC1. The number of allylic oxidation sites excluding steroid dienone is 2. The van der Waals surface area contributed by atoms with Gasteiger partial charge in [0.2, 0.25) is 0 Å². The summed E-state index contributed by atoms with van der Waals surface area (Å²) in [6, 6.07) is 1.53. The van der Waals surface area contributed by atoms with Gasteiger partial charge >= 0.3 is 5.97 Å². The van der Waals surface area contributed by atoms with Crippen molar-refractivity contribution in [3.63, 3.8) is 0 Å². The quantitative estimate of drug-likeness (QED) is 0.329. The second kappa shape index (κ2) is 10.6. The van der Waals surface area contributed by atoms with Crippen LogP contribution in [0.2, 0.25) is 0 Å². The molecule has 25 heavy (non-hydrogen) atoms. The summed E-state index contributed by atoms with van der Waals surface area (Å²) >= 11 is 0. The number of rotatable bonds is 7. The normalized spacial score (nSPS) is 30.5. The highest BCUT2D eigenvalue weighted by atomic mass is 19.1. The molecular formula is C21H32FNO2. The minimum absolute atomic E-state index is 0.0193. The molecule has 0 aromatic carbocycles. The van der Waals surface area contributed by atoms with Crippen molar-refractivity contribution >= 4 is 5.97 Å². The van der Waals surface area contributed by atoms with Gasteiger partial charge in [0, 0.05) is 0 Å². The third-order valence-electron chi connectivity index (χ3n) is 5.89. The van der Waals surface area contributed by atoms with E-state index in [1.54, 1.807) is 0 Å². The lowest BCUT2D eigenvalue weighted by atomic mass is 9.79. The summed E-state index contributed by atoms with van der Waals surface area (Å²) in [5.41, 5.74) is 0. The van der Waals surface area contributed by atoms with E-state index in [2.05, 4.69) is 6.92 Å². The Morgan fingerprint density at radius 1 is 1.12 bits per heavy atom. The van der Waals surface area contributed by atoms with Gasteiger partial charge in [0.15, 0.2) is 5.83 Å². The van der Waals surface area contributed by atoms with Crippen molar-refractivity contribution in [3.8, 4) is 6.07 Å². The van der Waals surface area contributed by atoms with Crippen molar-refractivity contribution in [3.05, 3.63) is 11.9 Å². The van der Waals surface area contributed by atoms with Gasteiger partial charge in [0.1, 0.15) is 12.2 Å². The Morgan fingerprint density at radius 3 is 2.40 bits per heavy atom. The minimum atomic E-state index is -0.698. The summed E-state index contributed by atoms with van der Waals surface area (Å²) in [7, 11) is 0. The van der Waals surface area contributed by atoms with Crippen LogP contribution < -0.4 is 0 Å². The first kappa shape index (κ1) is 19.9. The number of halogens is 1. The molecule has 0 amide bonds. The maximum atomic E-state index is 13.0. The van der Waals surface area contributed by atoms with Gasteiger partial charge in [0.25, 0.3) is 0 Å². The van der Waals surface area contributed by atoms with Crippen LogP contribution in [0.1, 0.15) is 84.0 Å². The molecule has 0 heterocycles. The Morgan fingerprint density at radius 2 is 1.80 bits per heavy atom. The van der Waals surface area contributed by atoms with Gasteiger partial charge in [-0.05, 0) is 69.3 Å². The van der Waals surface area contributed by atoms with Crippen LogP contribution in [0.25, 0.3) is 0 Å². The number of nitriles is 1. The van der Waals surface area contributed by atoms with E-state index in [9.17, 15) is 9.18 Å². The fraction of sp³-hybridized carbons (Fsp3) is 0.810. The zero-order chi connectivity index (χ0) is 18.1. The highest BCUT2D eigenvalue weighted by Crippen LogP contribution is 2.34. The van der Waals surface area contributed by atoms with Crippen LogP contribution in [-0.2, 0) is 9.53 Å². The van der Waals surface area contributed by atoms with Gasteiger partial charge in [-0.2, -0.15) is 9.65 Å². The first-order valence-corrected chi connectivity index (χ1v) is 10.1. The van der Waals surface area contributed by atoms with Gasteiger partial charge in [-0.3, -0.25) is 4.79 Å². The molecule has 4 heteroatoms. The van der Waals surface area contributed by atoms with Gasteiger partial charge in [-0.15, -0.1) is 0 Å². The molecule has 0 saturated heterocycles. The summed E-state index contributed by atoms with van der Waals surface area (Å²) in [6.07, 6.45) is 14.0. The standard InChI is InChI=1S/C21H32FNO2/c1-2-3-4-5-16-6-10-18(11-7-16)21(24)25-20-12-8-17(9-13-20)14-19(22)15-23/h14,16-18,20H,2-13H2,1H3. The van der Waals surface area contributed by atoms with Gasteiger partial charge in [-0.25, -0.2) is 0 Å². The summed E-state index contributed by atoms with van der Waals surface area (Å²) in [5, 5.41) is 8.50. The molecule has 2 fully saturated rings. The number of ether oxygens (including phenoxy) is 1. The van der Waals surface area contributed by atoms with Crippen molar-refractivity contribution in [2.45, 2.75) is 90.1 Å². The monoisotopic (exact) mass is 349 g/mol. The van der Waals surface area contributed by atoms with E-state index >= 15 is 0 Å². The third kappa shape index (κ3) is 6.80. The Bertz CT molecular complexity index is 481. The zero-order valence-corrected chi connectivity index (χ0v) is 15.5. The first-order chi connectivity index (χ1) is 12.1. The third-order valence-corrected chi connectivity index (χ3v) is 5.89. The maximum absolute atomic E-state index is 13.0. The molecule has 0 bridgehead atoms. The van der Waals surface area contributed by atoms with Crippen LogP contribution in [0.3, 0.4) is 0 Å². The van der Waals surface area contributed by atoms with E-state index in [0.29, 0.717) is 0 Å². The van der Waals surface area contributed by atoms with Crippen molar-refractivity contribution < 1.29 is 13.9 Å². The van der Waals surface area contributed by atoms with E-state index in [0.717, 1.165) is 57.3 Å². The number of nitrogens with zero attached hydrogens (tertiary/aromatic N) is 1.